The fourth-order valence-corrected chi connectivity index (χ4v) is 3.53. The van der Waals surface area contributed by atoms with Crippen molar-refractivity contribution in [2.45, 2.75) is 25.7 Å². The lowest BCUT2D eigenvalue weighted by atomic mass is 9.96. The van der Waals surface area contributed by atoms with Gasteiger partial charge in [-0.3, -0.25) is 14.6 Å². The number of fused-ring (bicyclic) bond motifs is 1. The lowest BCUT2D eigenvalue weighted by Gasteiger charge is -2.32. The van der Waals surface area contributed by atoms with E-state index in [2.05, 4.69) is 15.3 Å². The van der Waals surface area contributed by atoms with Gasteiger partial charge < -0.3 is 14.8 Å². The summed E-state index contributed by atoms with van der Waals surface area (Å²) in [4.78, 5) is 35.6. The van der Waals surface area contributed by atoms with E-state index in [1.165, 1.54) is 12.8 Å². The Morgan fingerprint density at radius 2 is 2.12 bits per heavy atom. The van der Waals surface area contributed by atoms with Crippen molar-refractivity contribution in [3.05, 3.63) is 24.3 Å². The Balaban J connectivity index is 1.49. The third kappa shape index (κ3) is 3.23. The van der Waals surface area contributed by atoms with Crippen molar-refractivity contribution in [1.82, 2.24) is 24.8 Å². The standard InChI is InChI=1S/C18H23N5O2/c1-22-11-21-15-9-19-8-14(16(15)22)18(25)23-6-2-3-13(10-23)17(24)20-7-12-4-5-12/h8-9,11-13H,2-7,10H2,1H3,(H,20,24). The second-order valence-electron chi connectivity index (χ2n) is 7.19. The first-order chi connectivity index (χ1) is 12.1. The summed E-state index contributed by atoms with van der Waals surface area (Å²) in [6.45, 7) is 1.94. The molecule has 2 aliphatic rings. The van der Waals surface area contributed by atoms with E-state index >= 15 is 0 Å². The van der Waals surface area contributed by atoms with Gasteiger partial charge in [-0.25, -0.2) is 4.98 Å². The van der Waals surface area contributed by atoms with Gasteiger partial charge in [0.15, 0.2) is 0 Å². The Morgan fingerprint density at radius 1 is 1.28 bits per heavy atom. The fraction of sp³-hybridized carbons (Fsp3) is 0.556. The van der Waals surface area contributed by atoms with Gasteiger partial charge in [-0.15, -0.1) is 0 Å². The molecule has 1 aliphatic carbocycles. The van der Waals surface area contributed by atoms with Gasteiger partial charge in [0, 0.05) is 32.9 Å². The molecule has 132 valence electrons. The van der Waals surface area contributed by atoms with E-state index in [9.17, 15) is 9.59 Å². The van der Waals surface area contributed by atoms with Crippen molar-refractivity contribution >= 4 is 22.8 Å². The Hall–Kier alpha value is -2.44. The number of carbonyl (C=O) groups is 2. The van der Waals surface area contributed by atoms with Gasteiger partial charge in [0.25, 0.3) is 5.91 Å². The number of rotatable bonds is 4. The molecule has 2 amide bonds. The number of hydrogen-bond donors (Lipinski definition) is 1. The monoisotopic (exact) mass is 341 g/mol. The van der Waals surface area contributed by atoms with Crippen molar-refractivity contribution in [3.63, 3.8) is 0 Å². The normalized spacial score (nSPS) is 20.7. The Morgan fingerprint density at radius 3 is 2.92 bits per heavy atom. The van der Waals surface area contributed by atoms with Crippen LogP contribution in [0.4, 0.5) is 0 Å². The minimum Gasteiger partial charge on any atom is -0.356 e. The van der Waals surface area contributed by atoms with Crippen molar-refractivity contribution in [2.24, 2.45) is 18.9 Å². The van der Waals surface area contributed by atoms with E-state index in [4.69, 9.17) is 0 Å². The summed E-state index contributed by atoms with van der Waals surface area (Å²) in [5, 5.41) is 3.04. The second-order valence-corrected chi connectivity index (χ2v) is 7.19. The summed E-state index contributed by atoms with van der Waals surface area (Å²) in [5.74, 6) is 0.566. The number of nitrogens with one attached hydrogen (secondary N) is 1. The fourth-order valence-electron chi connectivity index (χ4n) is 3.53. The van der Waals surface area contributed by atoms with Gasteiger partial charge in [0.1, 0.15) is 5.52 Å². The number of carbonyl (C=O) groups excluding carboxylic acids is 2. The maximum absolute atomic E-state index is 13.0. The first kappa shape index (κ1) is 16.1. The molecule has 2 aromatic rings. The van der Waals surface area contributed by atoms with Crippen molar-refractivity contribution in [1.29, 1.82) is 0 Å². The molecule has 1 unspecified atom stereocenters. The zero-order valence-corrected chi connectivity index (χ0v) is 14.4. The molecule has 0 spiro atoms. The van der Waals surface area contributed by atoms with E-state index < -0.39 is 0 Å². The zero-order chi connectivity index (χ0) is 17.4. The van der Waals surface area contributed by atoms with Crippen LogP contribution in [0.5, 0.6) is 0 Å². The SMILES string of the molecule is Cn1cnc2cncc(C(=O)N3CCCC(C(=O)NCC4CC4)C3)c21. The second kappa shape index (κ2) is 6.46. The minimum atomic E-state index is -0.116. The summed E-state index contributed by atoms with van der Waals surface area (Å²) in [5.41, 5.74) is 2.06. The van der Waals surface area contributed by atoms with Crippen LogP contribution in [-0.2, 0) is 11.8 Å². The van der Waals surface area contributed by atoms with Gasteiger partial charge in [-0.1, -0.05) is 0 Å². The van der Waals surface area contributed by atoms with Crippen LogP contribution in [0.1, 0.15) is 36.0 Å². The van der Waals surface area contributed by atoms with Crippen molar-refractivity contribution in [3.8, 4) is 0 Å². The van der Waals surface area contributed by atoms with Crippen LogP contribution in [0.2, 0.25) is 0 Å². The molecule has 0 aromatic carbocycles. The zero-order valence-electron chi connectivity index (χ0n) is 14.4. The van der Waals surface area contributed by atoms with Crippen LogP contribution in [0, 0.1) is 11.8 Å². The number of likely N-dealkylation sites (tertiary alicyclic amines) is 1. The number of aryl methyl sites for hydroxylation is 1. The van der Waals surface area contributed by atoms with Gasteiger partial charge in [0.05, 0.1) is 29.5 Å². The van der Waals surface area contributed by atoms with E-state index in [1.54, 1.807) is 23.6 Å². The van der Waals surface area contributed by atoms with Crippen molar-refractivity contribution in [2.75, 3.05) is 19.6 Å². The average molecular weight is 341 g/mol. The number of amides is 2. The van der Waals surface area contributed by atoms with E-state index in [0.717, 1.165) is 24.9 Å². The van der Waals surface area contributed by atoms with Gasteiger partial charge in [0.2, 0.25) is 5.91 Å². The molecule has 1 N–H and O–H groups in total. The first-order valence-corrected chi connectivity index (χ1v) is 8.95. The Kier molecular flexibility index (Phi) is 4.15. The van der Waals surface area contributed by atoms with Crippen LogP contribution in [0.25, 0.3) is 11.0 Å². The minimum absolute atomic E-state index is 0.0682. The Bertz CT molecular complexity index is 811. The van der Waals surface area contributed by atoms with Crippen molar-refractivity contribution < 1.29 is 9.59 Å². The average Bonchev–Trinajstić information content (AvgIpc) is 3.40. The highest BCUT2D eigenvalue weighted by molar-refractivity contribution is 6.04. The highest BCUT2D eigenvalue weighted by Crippen LogP contribution is 2.28. The molecule has 1 aliphatic heterocycles. The van der Waals surface area contributed by atoms with E-state index in [1.807, 2.05) is 11.6 Å². The number of hydrogen-bond acceptors (Lipinski definition) is 4. The van der Waals surface area contributed by atoms with Crippen LogP contribution in [-0.4, -0.2) is 50.9 Å². The smallest absolute Gasteiger partial charge is 0.257 e. The number of imidazole rings is 1. The third-order valence-corrected chi connectivity index (χ3v) is 5.19. The van der Waals surface area contributed by atoms with E-state index in [-0.39, 0.29) is 17.7 Å². The predicted molar refractivity (Wildman–Crippen MR) is 92.9 cm³/mol. The number of pyridine rings is 1. The van der Waals surface area contributed by atoms with E-state index in [0.29, 0.717) is 30.1 Å². The number of piperidine rings is 1. The molecule has 7 nitrogen and oxygen atoms in total. The molecule has 0 bridgehead atoms. The van der Waals surface area contributed by atoms with Gasteiger partial charge in [-0.2, -0.15) is 0 Å². The summed E-state index contributed by atoms with van der Waals surface area (Å²) < 4.78 is 1.84. The molecule has 2 aromatic heterocycles. The highest BCUT2D eigenvalue weighted by atomic mass is 16.2. The lowest BCUT2D eigenvalue weighted by molar-refractivity contribution is -0.126. The lowest BCUT2D eigenvalue weighted by Crippen LogP contribution is -2.45. The third-order valence-electron chi connectivity index (χ3n) is 5.19. The maximum Gasteiger partial charge on any atom is 0.257 e. The largest absolute Gasteiger partial charge is 0.356 e. The summed E-state index contributed by atoms with van der Waals surface area (Å²) in [6, 6.07) is 0. The molecule has 1 saturated carbocycles. The Labute approximate surface area is 146 Å². The molecule has 3 heterocycles. The summed E-state index contributed by atoms with van der Waals surface area (Å²) >= 11 is 0. The van der Waals surface area contributed by atoms with Crippen LogP contribution >= 0.6 is 0 Å². The topological polar surface area (TPSA) is 80.1 Å². The summed E-state index contributed by atoms with van der Waals surface area (Å²) in [6.07, 6.45) is 9.08. The molecule has 2 fully saturated rings. The molecular formula is C18H23N5O2. The summed E-state index contributed by atoms with van der Waals surface area (Å²) in [7, 11) is 1.87. The predicted octanol–water partition coefficient (Wildman–Crippen LogP) is 1.35. The molecule has 1 saturated heterocycles. The van der Waals surface area contributed by atoms with Gasteiger partial charge >= 0.3 is 0 Å². The molecule has 25 heavy (non-hydrogen) atoms. The molecule has 1 atom stereocenters. The number of aromatic nitrogens is 3. The van der Waals surface area contributed by atoms with Crippen LogP contribution in [0.15, 0.2) is 18.7 Å². The molecule has 4 rings (SSSR count). The molecular weight excluding hydrogens is 318 g/mol. The molecule has 7 heteroatoms. The number of nitrogens with zero attached hydrogens (tertiary/aromatic N) is 4. The van der Waals surface area contributed by atoms with Gasteiger partial charge in [-0.05, 0) is 31.6 Å². The molecule has 0 radical (unpaired) electrons. The van der Waals surface area contributed by atoms with Crippen LogP contribution < -0.4 is 5.32 Å². The maximum atomic E-state index is 13.0. The quantitative estimate of drug-likeness (QED) is 0.910. The van der Waals surface area contributed by atoms with Crippen LogP contribution in [0.3, 0.4) is 0 Å². The first-order valence-electron chi connectivity index (χ1n) is 8.95. The highest BCUT2D eigenvalue weighted by Gasteiger charge is 2.31.